The third-order valence-corrected chi connectivity index (χ3v) is 3.06. The predicted octanol–water partition coefficient (Wildman–Crippen LogP) is 3.54. The maximum atomic E-state index is 13.1. The summed E-state index contributed by atoms with van der Waals surface area (Å²) >= 11 is 3.36. The first-order valence-corrected chi connectivity index (χ1v) is 5.49. The average Bonchev–Trinajstić information content (AvgIpc) is 2.15. The minimum absolute atomic E-state index is 0.315. The van der Waals surface area contributed by atoms with E-state index in [4.69, 9.17) is 5.73 Å². The minimum atomic E-state index is -0.938. The Morgan fingerprint density at radius 3 is 2.50 bits per heavy atom. The van der Waals surface area contributed by atoms with Crippen molar-refractivity contribution in [1.82, 2.24) is 0 Å². The molecule has 0 radical (unpaired) electrons. The quantitative estimate of drug-likeness (QED) is 0.883. The van der Waals surface area contributed by atoms with Gasteiger partial charge < -0.3 is 5.73 Å². The van der Waals surface area contributed by atoms with Crippen LogP contribution in [0.15, 0.2) is 22.7 Å². The van der Waals surface area contributed by atoms with Crippen LogP contribution < -0.4 is 5.73 Å². The molecule has 2 unspecified atom stereocenters. The van der Waals surface area contributed by atoms with E-state index in [2.05, 4.69) is 22.9 Å². The first-order valence-electron chi connectivity index (χ1n) is 4.69. The van der Waals surface area contributed by atoms with Crippen molar-refractivity contribution in [3.63, 3.8) is 0 Å². The number of benzene rings is 1. The van der Waals surface area contributed by atoms with E-state index >= 15 is 0 Å². The molecular formula is C11H15BrFN. The number of halogens is 2. The highest BCUT2D eigenvalue weighted by Crippen LogP contribution is 2.28. The Kier molecular flexibility index (Phi) is 4.08. The van der Waals surface area contributed by atoms with Crippen LogP contribution in [0.1, 0.15) is 37.1 Å². The summed E-state index contributed by atoms with van der Waals surface area (Å²) in [6.07, 6.45) is -0.938. The highest BCUT2D eigenvalue weighted by Gasteiger charge is 2.10. The molecule has 2 atom stereocenters. The molecule has 3 heteroatoms. The van der Waals surface area contributed by atoms with Crippen LogP contribution in [0.2, 0.25) is 0 Å². The molecule has 0 aliphatic rings. The first kappa shape index (κ1) is 11.7. The van der Waals surface area contributed by atoms with Gasteiger partial charge in [-0.2, -0.15) is 0 Å². The molecule has 1 aromatic carbocycles. The van der Waals surface area contributed by atoms with Crippen molar-refractivity contribution in [1.29, 1.82) is 0 Å². The van der Waals surface area contributed by atoms with Crippen molar-refractivity contribution in [2.24, 2.45) is 5.73 Å². The van der Waals surface area contributed by atoms with Crippen molar-refractivity contribution in [2.45, 2.75) is 25.9 Å². The monoisotopic (exact) mass is 259 g/mol. The fourth-order valence-corrected chi connectivity index (χ4v) is 2.02. The van der Waals surface area contributed by atoms with Gasteiger partial charge in [-0.25, -0.2) is 4.39 Å². The van der Waals surface area contributed by atoms with Crippen molar-refractivity contribution in [3.8, 4) is 0 Å². The van der Waals surface area contributed by atoms with Crippen molar-refractivity contribution >= 4 is 15.9 Å². The van der Waals surface area contributed by atoms with Gasteiger partial charge in [-0.15, -0.1) is 0 Å². The number of hydrogen-bond donors (Lipinski definition) is 1. The molecule has 1 aromatic rings. The fourth-order valence-electron chi connectivity index (χ4n) is 1.31. The van der Waals surface area contributed by atoms with E-state index in [1.165, 1.54) is 6.92 Å². The zero-order chi connectivity index (χ0) is 10.7. The topological polar surface area (TPSA) is 26.0 Å². The zero-order valence-corrected chi connectivity index (χ0v) is 10.0. The van der Waals surface area contributed by atoms with E-state index in [1.54, 1.807) is 0 Å². The second-order valence-electron chi connectivity index (χ2n) is 3.53. The van der Waals surface area contributed by atoms with E-state index in [-0.39, 0.29) is 0 Å². The summed E-state index contributed by atoms with van der Waals surface area (Å²) in [5, 5.41) is 0. The van der Waals surface area contributed by atoms with E-state index in [9.17, 15) is 4.39 Å². The van der Waals surface area contributed by atoms with Crippen LogP contribution in [-0.2, 0) is 0 Å². The zero-order valence-electron chi connectivity index (χ0n) is 8.43. The van der Waals surface area contributed by atoms with Crippen molar-refractivity contribution in [2.75, 3.05) is 6.54 Å². The SMILES string of the molecule is CC(F)c1ccc(C(C)CN)cc1Br. The van der Waals surface area contributed by atoms with Crippen LogP contribution in [-0.4, -0.2) is 6.54 Å². The molecule has 1 nitrogen and oxygen atoms in total. The van der Waals surface area contributed by atoms with Gasteiger partial charge in [0.1, 0.15) is 6.17 Å². The van der Waals surface area contributed by atoms with Crippen LogP contribution in [0.25, 0.3) is 0 Å². The Bertz CT molecular complexity index is 312. The van der Waals surface area contributed by atoms with Crippen molar-refractivity contribution in [3.05, 3.63) is 33.8 Å². The lowest BCUT2D eigenvalue weighted by atomic mass is 9.99. The van der Waals surface area contributed by atoms with Crippen LogP contribution in [0.3, 0.4) is 0 Å². The highest BCUT2D eigenvalue weighted by molar-refractivity contribution is 9.10. The van der Waals surface area contributed by atoms with Gasteiger partial charge in [0, 0.05) is 4.47 Å². The van der Waals surface area contributed by atoms with Gasteiger partial charge in [-0.3, -0.25) is 0 Å². The summed E-state index contributed by atoms with van der Waals surface area (Å²) in [7, 11) is 0. The standard InChI is InChI=1S/C11H15BrFN/c1-7(6-14)9-3-4-10(8(2)13)11(12)5-9/h3-5,7-8H,6,14H2,1-2H3. The third-order valence-electron chi connectivity index (χ3n) is 2.38. The summed E-state index contributed by atoms with van der Waals surface area (Å²) in [5.74, 6) is 0.315. The Morgan fingerprint density at radius 2 is 2.07 bits per heavy atom. The number of alkyl halides is 1. The molecule has 0 amide bonds. The van der Waals surface area contributed by atoms with Gasteiger partial charge >= 0.3 is 0 Å². The van der Waals surface area contributed by atoms with E-state index in [1.807, 2.05) is 18.2 Å². The first-order chi connectivity index (χ1) is 6.56. The molecular weight excluding hydrogens is 245 g/mol. The van der Waals surface area contributed by atoms with E-state index in [0.29, 0.717) is 18.0 Å². The summed E-state index contributed by atoms with van der Waals surface area (Å²) in [6, 6.07) is 5.70. The van der Waals surface area contributed by atoms with Gasteiger partial charge in [-0.1, -0.05) is 35.0 Å². The van der Waals surface area contributed by atoms with Gasteiger partial charge in [0.25, 0.3) is 0 Å². The summed E-state index contributed by atoms with van der Waals surface area (Å²) in [5.41, 5.74) is 7.40. The second-order valence-corrected chi connectivity index (χ2v) is 4.39. The van der Waals surface area contributed by atoms with Crippen LogP contribution in [0, 0.1) is 0 Å². The number of nitrogens with two attached hydrogens (primary N) is 1. The van der Waals surface area contributed by atoms with Crippen LogP contribution in [0.5, 0.6) is 0 Å². The molecule has 0 aliphatic heterocycles. The third kappa shape index (κ3) is 2.55. The van der Waals surface area contributed by atoms with Crippen LogP contribution in [0.4, 0.5) is 4.39 Å². The van der Waals surface area contributed by atoms with Gasteiger partial charge in [0.15, 0.2) is 0 Å². The molecule has 0 aliphatic carbocycles. The maximum Gasteiger partial charge on any atom is 0.123 e. The molecule has 78 valence electrons. The molecule has 0 fully saturated rings. The molecule has 0 aromatic heterocycles. The highest BCUT2D eigenvalue weighted by atomic mass is 79.9. The van der Waals surface area contributed by atoms with Gasteiger partial charge in [0.2, 0.25) is 0 Å². The minimum Gasteiger partial charge on any atom is -0.330 e. The van der Waals surface area contributed by atoms with Gasteiger partial charge in [-0.05, 0) is 36.6 Å². The maximum absolute atomic E-state index is 13.1. The average molecular weight is 260 g/mol. The smallest absolute Gasteiger partial charge is 0.123 e. The number of rotatable bonds is 3. The molecule has 0 saturated carbocycles. The molecule has 14 heavy (non-hydrogen) atoms. The van der Waals surface area contributed by atoms with E-state index < -0.39 is 6.17 Å². The Hall–Kier alpha value is -0.410. The summed E-state index contributed by atoms with van der Waals surface area (Å²) in [6.45, 7) is 4.20. The Labute approximate surface area is 92.6 Å². The molecule has 0 saturated heterocycles. The Balaban J connectivity index is 3.00. The second kappa shape index (κ2) is 4.89. The normalized spacial score (nSPS) is 15.2. The lowest BCUT2D eigenvalue weighted by Gasteiger charge is -2.12. The molecule has 0 heterocycles. The lowest BCUT2D eigenvalue weighted by Crippen LogP contribution is -2.09. The molecule has 0 spiro atoms. The largest absolute Gasteiger partial charge is 0.330 e. The molecule has 0 bridgehead atoms. The lowest BCUT2D eigenvalue weighted by molar-refractivity contribution is 0.373. The summed E-state index contributed by atoms with van der Waals surface area (Å²) < 4.78 is 13.9. The number of hydrogen-bond acceptors (Lipinski definition) is 1. The molecule has 2 N–H and O–H groups in total. The summed E-state index contributed by atoms with van der Waals surface area (Å²) in [4.78, 5) is 0. The Morgan fingerprint density at radius 1 is 1.43 bits per heavy atom. The van der Waals surface area contributed by atoms with E-state index in [0.717, 1.165) is 10.0 Å². The van der Waals surface area contributed by atoms with Gasteiger partial charge in [0.05, 0.1) is 0 Å². The molecule has 1 rings (SSSR count). The predicted molar refractivity (Wildman–Crippen MR) is 61.1 cm³/mol. The van der Waals surface area contributed by atoms with Crippen molar-refractivity contribution < 1.29 is 4.39 Å². The van der Waals surface area contributed by atoms with Crippen LogP contribution >= 0.6 is 15.9 Å². The fraction of sp³-hybridized carbons (Fsp3) is 0.455.